The lowest BCUT2D eigenvalue weighted by Gasteiger charge is -2.37. The van der Waals surface area contributed by atoms with Crippen molar-refractivity contribution in [3.8, 4) is 0 Å². The van der Waals surface area contributed by atoms with Crippen LogP contribution in [-0.2, 0) is 11.2 Å². The molecule has 2 aliphatic rings. The van der Waals surface area contributed by atoms with Crippen LogP contribution in [0.1, 0.15) is 34.5 Å². The van der Waals surface area contributed by atoms with Gasteiger partial charge in [-0.05, 0) is 31.2 Å². The molecule has 0 unspecified atom stereocenters. The largest absolute Gasteiger partial charge is 0.342 e. The molecule has 2 aromatic rings. The molecule has 1 atom stereocenters. The molecule has 2 fully saturated rings. The number of piperidine rings is 1. The molecule has 6 heteroatoms. The van der Waals surface area contributed by atoms with Gasteiger partial charge in [-0.3, -0.25) is 14.6 Å². The van der Waals surface area contributed by atoms with Crippen molar-refractivity contribution in [2.24, 2.45) is 5.41 Å². The number of carbonyl (C=O) groups is 2. The first kappa shape index (κ1) is 17.2. The molecule has 26 heavy (non-hydrogen) atoms. The van der Waals surface area contributed by atoms with Gasteiger partial charge in [0, 0.05) is 26.2 Å². The molecule has 1 aromatic heterocycles. The number of likely N-dealkylation sites (tertiary alicyclic amines) is 2. The number of aromatic nitrogens is 1. The summed E-state index contributed by atoms with van der Waals surface area (Å²) < 4.78 is 0. The quantitative estimate of drug-likeness (QED) is 0.836. The van der Waals surface area contributed by atoms with Crippen LogP contribution in [0.15, 0.2) is 42.0 Å². The Kier molecular flexibility index (Phi) is 4.53. The third kappa shape index (κ3) is 3.03. The van der Waals surface area contributed by atoms with Crippen molar-refractivity contribution < 1.29 is 9.59 Å². The van der Waals surface area contributed by atoms with E-state index in [4.69, 9.17) is 0 Å². The maximum atomic E-state index is 13.0. The van der Waals surface area contributed by atoms with Crippen molar-refractivity contribution in [2.75, 3.05) is 20.1 Å². The van der Waals surface area contributed by atoms with Gasteiger partial charge in [-0.2, -0.15) is 0 Å². The Morgan fingerprint density at radius 1 is 1.27 bits per heavy atom. The summed E-state index contributed by atoms with van der Waals surface area (Å²) in [7, 11) is 1.93. The summed E-state index contributed by atoms with van der Waals surface area (Å²) in [6.07, 6.45) is 4.92. The summed E-state index contributed by atoms with van der Waals surface area (Å²) in [6, 6.07) is 10.6. The smallest absolute Gasteiger partial charge is 0.265 e. The Labute approximate surface area is 157 Å². The minimum atomic E-state index is -0.293. The van der Waals surface area contributed by atoms with E-state index in [9.17, 15) is 9.59 Å². The first-order valence-electron chi connectivity index (χ1n) is 9.08. The molecule has 2 aliphatic heterocycles. The van der Waals surface area contributed by atoms with Crippen LogP contribution in [0.2, 0.25) is 0 Å². The maximum Gasteiger partial charge on any atom is 0.265 e. The van der Waals surface area contributed by atoms with Crippen LogP contribution in [0.25, 0.3) is 0 Å². The SMILES string of the molecule is CN1C(=O)C2(CCN(C(=O)c3cncs3)CC2)C[C@H]1Cc1ccccc1. The molecule has 1 aromatic carbocycles. The third-order valence-electron chi connectivity index (χ3n) is 5.91. The van der Waals surface area contributed by atoms with Gasteiger partial charge in [0.2, 0.25) is 5.91 Å². The van der Waals surface area contributed by atoms with E-state index >= 15 is 0 Å². The molecule has 1 spiro atoms. The number of thiazole rings is 1. The molecule has 3 heterocycles. The highest BCUT2D eigenvalue weighted by Gasteiger charge is 2.51. The summed E-state index contributed by atoms with van der Waals surface area (Å²) >= 11 is 1.37. The number of hydrogen-bond acceptors (Lipinski definition) is 4. The van der Waals surface area contributed by atoms with Crippen LogP contribution < -0.4 is 0 Å². The average Bonchev–Trinajstić information content (AvgIpc) is 3.28. The second-order valence-corrected chi connectivity index (χ2v) is 8.29. The lowest BCUT2D eigenvalue weighted by atomic mass is 9.75. The summed E-state index contributed by atoms with van der Waals surface area (Å²) in [6.45, 7) is 1.29. The fraction of sp³-hybridized carbons (Fsp3) is 0.450. The molecule has 2 amide bonds. The predicted molar refractivity (Wildman–Crippen MR) is 101 cm³/mol. The fourth-order valence-electron chi connectivity index (χ4n) is 4.34. The second-order valence-electron chi connectivity index (χ2n) is 7.40. The molecule has 0 radical (unpaired) electrons. The van der Waals surface area contributed by atoms with Gasteiger partial charge in [0.15, 0.2) is 0 Å². The topological polar surface area (TPSA) is 53.5 Å². The van der Waals surface area contributed by atoms with Crippen molar-refractivity contribution in [2.45, 2.75) is 31.7 Å². The Balaban J connectivity index is 1.43. The molecule has 0 saturated carbocycles. The number of hydrogen-bond donors (Lipinski definition) is 0. The standard InChI is InChI=1S/C20H23N3O2S/c1-22-16(11-15-5-3-2-4-6-15)12-20(19(22)25)7-9-23(10-8-20)18(24)17-13-21-14-26-17/h2-6,13-14,16H,7-12H2,1H3/t16-/m1/s1. The van der Waals surface area contributed by atoms with Gasteiger partial charge in [0.1, 0.15) is 4.88 Å². The van der Waals surface area contributed by atoms with Gasteiger partial charge in [0.25, 0.3) is 5.91 Å². The van der Waals surface area contributed by atoms with Crippen LogP contribution in [-0.4, -0.2) is 52.8 Å². The van der Waals surface area contributed by atoms with Crippen molar-refractivity contribution in [3.05, 3.63) is 52.5 Å². The van der Waals surface area contributed by atoms with E-state index in [0.717, 1.165) is 25.7 Å². The van der Waals surface area contributed by atoms with Crippen LogP contribution in [0.5, 0.6) is 0 Å². The van der Waals surface area contributed by atoms with Gasteiger partial charge in [-0.1, -0.05) is 30.3 Å². The minimum Gasteiger partial charge on any atom is -0.342 e. The molecular formula is C20H23N3O2S. The van der Waals surface area contributed by atoms with E-state index in [0.29, 0.717) is 18.0 Å². The number of carbonyl (C=O) groups excluding carboxylic acids is 2. The zero-order valence-electron chi connectivity index (χ0n) is 14.9. The highest BCUT2D eigenvalue weighted by molar-refractivity contribution is 7.11. The Morgan fingerprint density at radius 2 is 2.00 bits per heavy atom. The Hall–Kier alpha value is -2.21. The van der Waals surface area contributed by atoms with Gasteiger partial charge < -0.3 is 9.80 Å². The zero-order valence-corrected chi connectivity index (χ0v) is 15.7. The number of nitrogens with zero attached hydrogens (tertiary/aromatic N) is 3. The molecule has 0 N–H and O–H groups in total. The van der Waals surface area contributed by atoms with Crippen molar-refractivity contribution >= 4 is 23.2 Å². The van der Waals surface area contributed by atoms with Crippen molar-refractivity contribution in [3.63, 3.8) is 0 Å². The molecule has 4 rings (SSSR count). The van der Waals surface area contributed by atoms with Gasteiger partial charge in [0.05, 0.1) is 17.1 Å². The van der Waals surface area contributed by atoms with Gasteiger partial charge in [-0.15, -0.1) is 11.3 Å². The monoisotopic (exact) mass is 369 g/mol. The second kappa shape index (κ2) is 6.83. The zero-order chi connectivity index (χ0) is 18.1. The number of rotatable bonds is 3. The van der Waals surface area contributed by atoms with E-state index in [1.807, 2.05) is 35.0 Å². The van der Waals surface area contributed by atoms with Crippen molar-refractivity contribution in [1.82, 2.24) is 14.8 Å². The van der Waals surface area contributed by atoms with E-state index < -0.39 is 0 Å². The van der Waals surface area contributed by atoms with E-state index in [1.165, 1.54) is 16.9 Å². The summed E-state index contributed by atoms with van der Waals surface area (Å²) in [4.78, 5) is 34.0. The highest BCUT2D eigenvalue weighted by atomic mass is 32.1. The molecule has 0 aliphatic carbocycles. The lowest BCUT2D eigenvalue weighted by molar-refractivity contribution is -0.137. The van der Waals surface area contributed by atoms with E-state index in [1.54, 1.807) is 11.7 Å². The predicted octanol–water partition coefficient (Wildman–Crippen LogP) is 2.84. The first-order chi connectivity index (χ1) is 12.6. The average molecular weight is 369 g/mol. The summed E-state index contributed by atoms with van der Waals surface area (Å²) in [5, 5.41) is 0. The lowest BCUT2D eigenvalue weighted by Crippen LogP contribution is -2.46. The third-order valence-corrected chi connectivity index (χ3v) is 6.67. The first-order valence-corrected chi connectivity index (χ1v) is 9.96. The van der Waals surface area contributed by atoms with E-state index in [2.05, 4.69) is 17.1 Å². The number of likely N-dealkylation sites (N-methyl/N-ethyl adjacent to an activating group) is 1. The van der Waals surface area contributed by atoms with Crippen molar-refractivity contribution in [1.29, 1.82) is 0 Å². The minimum absolute atomic E-state index is 0.0435. The Bertz CT molecular complexity index is 783. The molecule has 0 bridgehead atoms. The molecule has 2 saturated heterocycles. The van der Waals surface area contributed by atoms with Gasteiger partial charge >= 0.3 is 0 Å². The Morgan fingerprint density at radius 3 is 2.65 bits per heavy atom. The van der Waals surface area contributed by atoms with Crippen LogP contribution in [0.4, 0.5) is 0 Å². The van der Waals surface area contributed by atoms with Crippen LogP contribution >= 0.6 is 11.3 Å². The summed E-state index contributed by atoms with van der Waals surface area (Å²) in [5.41, 5.74) is 2.66. The molecule has 136 valence electrons. The summed E-state index contributed by atoms with van der Waals surface area (Å²) in [5.74, 6) is 0.297. The number of benzene rings is 1. The molecular weight excluding hydrogens is 346 g/mol. The van der Waals surface area contributed by atoms with Crippen LogP contribution in [0, 0.1) is 5.41 Å². The van der Waals surface area contributed by atoms with Gasteiger partial charge in [-0.25, -0.2) is 0 Å². The maximum absolute atomic E-state index is 13.0. The molecule has 5 nitrogen and oxygen atoms in total. The van der Waals surface area contributed by atoms with Crippen LogP contribution in [0.3, 0.4) is 0 Å². The highest BCUT2D eigenvalue weighted by Crippen LogP contribution is 2.44. The fourth-order valence-corrected chi connectivity index (χ4v) is 4.93. The number of amides is 2. The normalized spacial score (nSPS) is 22.2. The van der Waals surface area contributed by atoms with E-state index in [-0.39, 0.29) is 23.3 Å².